The largest absolute Gasteiger partial charge is 0.466 e. The van der Waals surface area contributed by atoms with Crippen molar-refractivity contribution in [2.45, 2.75) is 25.2 Å². The minimum atomic E-state index is -3.83. The lowest BCUT2D eigenvalue weighted by Crippen LogP contribution is -2.06. The van der Waals surface area contributed by atoms with Gasteiger partial charge in [-0.2, -0.15) is 0 Å². The first-order valence-corrected chi connectivity index (χ1v) is 7.96. The number of benzene rings is 1. The van der Waals surface area contributed by atoms with E-state index in [1.165, 1.54) is 12.1 Å². The molecule has 5 heteroatoms. The molecule has 1 aliphatic heterocycles. The standard InChI is InChI=1S/C16H15NO3S/c1-4-14-11-13(10-12(2)20-14)16(17-3)21(18,19)15-8-6-5-7-9-15/h5-11H,4H2,1-2H3/b16-13-. The first-order chi connectivity index (χ1) is 9.98. The smallest absolute Gasteiger partial charge is 0.290 e. The van der Waals surface area contributed by atoms with Crippen molar-refractivity contribution in [3.63, 3.8) is 0 Å². The van der Waals surface area contributed by atoms with Gasteiger partial charge in [0.15, 0.2) is 0 Å². The van der Waals surface area contributed by atoms with Crippen molar-refractivity contribution < 1.29 is 13.2 Å². The predicted molar refractivity (Wildman–Crippen MR) is 80.5 cm³/mol. The van der Waals surface area contributed by atoms with Crippen molar-refractivity contribution in [2.24, 2.45) is 0 Å². The van der Waals surface area contributed by atoms with E-state index in [1.54, 1.807) is 37.3 Å². The molecule has 0 amide bonds. The molecule has 0 bridgehead atoms. The second kappa shape index (κ2) is 5.98. The fraction of sp³-hybridized carbons (Fsp3) is 0.188. The Kier molecular flexibility index (Phi) is 4.29. The van der Waals surface area contributed by atoms with Crippen LogP contribution < -0.4 is 0 Å². The van der Waals surface area contributed by atoms with Gasteiger partial charge in [-0.15, -0.1) is 0 Å². The van der Waals surface area contributed by atoms with E-state index in [2.05, 4.69) is 4.85 Å². The molecule has 1 heterocycles. The molecule has 0 saturated carbocycles. The van der Waals surface area contributed by atoms with Crippen LogP contribution in [-0.4, -0.2) is 8.42 Å². The third-order valence-electron chi connectivity index (χ3n) is 2.97. The van der Waals surface area contributed by atoms with E-state index in [-0.39, 0.29) is 9.92 Å². The van der Waals surface area contributed by atoms with E-state index in [0.29, 0.717) is 23.5 Å². The zero-order valence-electron chi connectivity index (χ0n) is 11.8. The Balaban J connectivity index is 2.64. The van der Waals surface area contributed by atoms with Crippen LogP contribution in [0.4, 0.5) is 0 Å². The molecule has 0 aliphatic carbocycles. The maximum Gasteiger partial charge on any atom is 0.290 e. The van der Waals surface area contributed by atoms with Crippen LogP contribution in [0.3, 0.4) is 0 Å². The van der Waals surface area contributed by atoms with E-state index < -0.39 is 9.84 Å². The van der Waals surface area contributed by atoms with E-state index >= 15 is 0 Å². The highest BCUT2D eigenvalue weighted by molar-refractivity contribution is 7.95. The average Bonchev–Trinajstić information content (AvgIpc) is 2.48. The molecule has 2 rings (SSSR count). The lowest BCUT2D eigenvalue weighted by molar-refractivity contribution is 0.291. The third kappa shape index (κ3) is 3.06. The second-order valence-electron chi connectivity index (χ2n) is 4.51. The number of sulfone groups is 1. The Labute approximate surface area is 124 Å². The number of nitrogens with zero attached hydrogens (tertiary/aromatic N) is 1. The molecule has 0 radical (unpaired) electrons. The van der Waals surface area contributed by atoms with Gasteiger partial charge in [-0.3, -0.25) is 0 Å². The molecule has 0 atom stereocenters. The summed E-state index contributed by atoms with van der Waals surface area (Å²) in [4.78, 5) is 3.38. The van der Waals surface area contributed by atoms with Crippen molar-refractivity contribution in [2.75, 3.05) is 0 Å². The van der Waals surface area contributed by atoms with Crippen molar-refractivity contribution in [3.05, 3.63) is 76.0 Å². The molecule has 0 unspecified atom stereocenters. The van der Waals surface area contributed by atoms with Crippen LogP contribution in [0.5, 0.6) is 0 Å². The summed E-state index contributed by atoms with van der Waals surface area (Å²) < 4.78 is 30.7. The molecule has 0 saturated heterocycles. The van der Waals surface area contributed by atoms with Gasteiger partial charge in [0.05, 0.1) is 17.2 Å². The van der Waals surface area contributed by atoms with Crippen LogP contribution >= 0.6 is 0 Å². The molecule has 108 valence electrons. The summed E-state index contributed by atoms with van der Waals surface area (Å²) >= 11 is 0. The summed E-state index contributed by atoms with van der Waals surface area (Å²) in [5, 5.41) is -0.276. The van der Waals surface area contributed by atoms with Gasteiger partial charge in [0.2, 0.25) is 9.84 Å². The minimum Gasteiger partial charge on any atom is -0.466 e. The van der Waals surface area contributed by atoms with Crippen LogP contribution in [-0.2, 0) is 14.6 Å². The average molecular weight is 301 g/mol. The van der Waals surface area contributed by atoms with Crippen molar-refractivity contribution in [3.8, 4) is 0 Å². The van der Waals surface area contributed by atoms with Gasteiger partial charge < -0.3 is 4.74 Å². The fourth-order valence-corrected chi connectivity index (χ4v) is 3.28. The summed E-state index contributed by atoms with van der Waals surface area (Å²) in [5.74, 6) is 1.23. The number of hydrogen-bond acceptors (Lipinski definition) is 3. The molecule has 0 fully saturated rings. The van der Waals surface area contributed by atoms with E-state index in [1.807, 2.05) is 6.92 Å². The topological polar surface area (TPSA) is 47.7 Å². The van der Waals surface area contributed by atoms with Crippen LogP contribution in [0.15, 0.2) is 69.5 Å². The van der Waals surface area contributed by atoms with Crippen molar-refractivity contribution in [1.82, 2.24) is 0 Å². The first kappa shape index (κ1) is 15.1. The van der Waals surface area contributed by atoms with Gasteiger partial charge >= 0.3 is 0 Å². The summed E-state index contributed by atoms with van der Waals surface area (Å²) in [5.41, 5.74) is 0.370. The number of rotatable bonds is 3. The Bertz CT molecular complexity index is 779. The molecule has 4 nitrogen and oxygen atoms in total. The predicted octanol–water partition coefficient (Wildman–Crippen LogP) is 3.82. The third-order valence-corrected chi connectivity index (χ3v) is 4.70. The van der Waals surface area contributed by atoms with Crippen LogP contribution in [0.2, 0.25) is 0 Å². The number of ether oxygens (including phenoxy) is 1. The van der Waals surface area contributed by atoms with Gasteiger partial charge in [0.25, 0.3) is 5.03 Å². The van der Waals surface area contributed by atoms with Gasteiger partial charge in [-0.1, -0.05) is 25.1 Å². The van der Waals surface area contributed by atoms with Crippen molar-refractivity contribution in [1.29, 1.82) is 0 Å². The first-order valence-electron chi connectivity index (χ1n) is 6.47. The highest BCUT2D eigenvalue weighted by atomic mass is 32.2. The molecule has 0 N–H and O–H groups in total. The fourth-order valence-electron chi connectivity index (χ4n) is 1.99. The summed E-state index contributed by atoms with van der Waals surface area (Å²) in [6.45, 7) is 10.9. The SMILES string of the molecule is [C-]#[N+]/C(=C1\C=C(C)OC(CC)=C1)S(=O)(=O)c1ccccc1. The lowest BCUT2D eigenvalue weighted by atomic mass is 10.1. The molecular weight excluding hydrogens is 286 g/mol. The molecule has 1 aromatic carbocycles. The minimum absolute atomic E-state index is 0.118. The zero-order chi connectivity index (χ0) is 15.5. The molecule has 1 aromatic rings. The highest BCUT2D eigenvalue weighted by Crippen LogP contribution is 2.29. The summed E-state index contributed by atoms with van der Waals surface area (Å²) in [7, 11) is -3.83. The van der Waals surface area contributed by atoms with Crippen LogP contribution in [0.25, 0.3) is 4.85 Å². The Morgan fingerprint density at radius 1 is 1.24 bits per heavy atom. The lowest BCUT2D eigenvalue weighted by Gasteiger charge is -2.15. The Morgan fingerprint density at radius 2 is 1.90 bits per heavy atom. The number of hydrogen-bond donors (Lipinski definition) is 0. The van der Waals surface area contributed by atoms with E-state index in [9.17, 15) is 8.42 Å². The molecule has 0 aromatic heterocycles. The summed E-state index contributed by atoms with van der Waals surface area (Å²) in [6, 6.07) is 7.98. The molecular formula is C16H15NO3S. The normalized spacial score (nSPS) is 17.2. The Hall–Kier alpha value is -2.32. The highest BCUT2D eigenvalue weighted by Gasteiger charge is 2.25. The second-order valence-corrected chi connectivity index (χ2v) is 6.38. The van der Waals surface area contributed by atoms with Gasteiger partial charge in [0.1, 0.15) is 5.76 Å². The van der Waals surface area contributed by atoms with Crippen LogP contribution in [0.1, 0.15) is 20.3 Å². The van der Waals surface area contributed by atoms with E-state index in [0.717, 1.165) is 0 Å². The van der Waals surface area contributed by atoms with Gasteiger partial charge in [-0.05, 0) is 36.8 Å². The van der Waals surface area contributed by atoms with Gasteiger partial charge in [-0.25, -0.2) is 13.3 Å². The quantitative estimate of drug-likeness (QED) is 0.797. The molecule has 21 heavy (non-hydrogen) atoms. The monoisotopic (exact) mass is 301 g/mol. The van der Waals surface area contributed by atoms with Crippen LogP contribution in [0, 0.1) is 6.57 Å². The summed E-state index contributed by atoms with van der Waals surface area (Å²) in [6.07, 6.45) is 3.82. The maximum absolute atomic E-state index is 12.6. The maximum atomic E-state index is 12.6. The number of allylic oxidation sites excluding steroid dienone is 5. The molecule has 0 spiro atoms. The van der Waals surface area contributed by atoms with E-state index in [4.69, 9.17) is 11.3 Å². The zero-order valence-corrected chi connectivity index (χ0v) is 12.6. The van der Waals surface area contributed by atoms with Gasteiger partial charge in [0, 0.05) is 6.42 Å². The molecule has 1 aliphatic rings. The Morgan fingerprint density at radius 3 is 2.48 bits per heavy atom. The van der Waals surface area contributed by atoms with Crippen molar-refractivity contribution >= 4 is 9.84 Å².